The average Bonchev–Trinajstić information content (AvgIpc) is 2.56. The summed E-state index contributed by atoms with van der Waals surface area (Å²) < 4.78 is 5.25. The number of carboxylic acid groups (broad SMARTS) is 1. The lowest BCUT2D eigenvalue weighted by Gasteiger charge is -2.09. The van der Waals surface area contributed by atoms with Crippen LogP contribution in [-0.4, -0.2) is 28.3 Å². The Morgan fingerprint density at radius 3 is 2.48 bits per heavy atom. The van der Waals surface area contributed by atoms with E-state index < -0.39 is 17.0 Å². The number of aliphatic imine (C=N–C) groups is 1. The zero-order valence-corrected chi connectivity index (χ0v) is 14.1. The molecule has 0 aliphatic carbocycles. The van der Waals surface area contributed by atoms with Crippen LogP contribution in [0.4, 0.5) is 11.4 Å². The Balaban J connectivity index is 2.17. The Hall–Kier alpha value is -3.22. The molecule has 7 heteroatoms. The number of nitro groups is 1. The number of benzene rings is 2. The fourth-order valence-corrected chi connectivity index (χ4v) is 2.12. The second kappa shape index (κ2) is 7.57. The van der Waals surface area contributed by atoms with Crippen molar-refractivity contribution in [3.05, 3.63) is 63.2 Å². The van der Waals surface area contributed by atoms with Crippen molar-refractivity contribution in [1.82, 2.24) is 0 Å². The molecule has 0 saturated carbocycles. The number of hydrogen-bond acceptors (Lipinski definition) is 5. The molecule has 25 heavy (non-hydrogen) atoms. The van der Waals surface area contributed by atoms with E-state index in [0.29, 0.717) is 17.0 Å². The zero-order valence-electron chi connectivity index (χ0n) is 14.1. The Labute approximate surface area is 144 Å². The SMILES string of the molecule is Cc1cc(N=Cc2ccc(O[C@H](C)C(=O)O)cc2)cc([N+](=O)[O-])c1C. The fourth-order valence-electron chi connectivity index (χ4n) is 2.12. The van der Waals surface area contributed by atoms with Gasteiger partial charge in [0.25, 0.3) is 5.69 Å². The average molecular weight is 342 g/mol. The maximum absolute atomic E-state index is 11.1. The molecule has 0 saturated heterocycles. The van der Waals surface area contributed by atoms with Crippen LogP contribution in [0.3, 0.4) is 0 Å². The molecule has 0 bridgehead atoms. The predicted octanol–water partition coefficient (Wildman–Crippen LogP) is 3.81. The van der Waals surface area contributed by atoms with Crippen LogP contribution in [0.5, 0.6) is 5.75 Å². The summed E-state index contributed by atoms with van der Waals surface area (Å²) in [6.45, 7) is 4.96. The number of ether oxygens (including phenoxy) is 1. The summed E-state index contributed by atoms with van der Waals surface area (Å²) in [5, 5.41) is 19.9. The molecule has 2 aromatic carbocycles. The van der Waals surface area contributed by atoms with Gasteiger partial charge in [0.2, 0.25) is 0 Å². The maximum Gasteiger partial charge on any atom is 0.344 e. The van der Waals surface area contributed by atoms with Crippen LogP contribution >= 0.6 is 0 Å². The van der Waals surface area contributed by atoms with Gasteiger partial charge in [-0.05, 0) is 62.2 Å². The molecule has 1 N–H and O–H groups in total. The molecule has 0 spiro atoms. The van der Waals surface area contributed by atoms with Crippen molar-refractivity contribution in [1.29, 1.82) is 0 Å². The van der Waals surface area contributed by atoms with Gasteiger partial charge in [0.05, 0.1) is 10.6 Å². The van der Waals surface area contributed by atoms with Crippen molar-refractivity contribution < 1.29 is 19.6 Å². The third-order valence-corrected chi connectivity index (χ3v) is 3.72. The first-order valence-corrected chi connectivity index (χ1v) is 7.57. The van der Waals surface area contributed by atoms with Crippen LogP contribution < -0.4 is 4.74 Å². The van der Waals surface area contributed by atoms with Gasteiger partial charge in [-0.2, -0.15) is 0 Å². The third kappa shape index (κ3) is 4.63. The summed E-state index contributed by atoms with van der Waals surface area (Å²) in [5.74, 6) is -0.601. The van der Waals surface area contributed by atoms with Gasteiger partial charge in [0, 0.05) is 17.8 Å². The van der Waals surface area contributed by atoms with Crippen LogP contribution in [0, 0.1) is 24.0 Å². The number of rotatable bonds is 6. The monoisotopic (exact) mass is 342 g/mol. The minimum Gasteiger partial charge on any atom is -0.479 e. The largest absolute Gasteiger partial charge is 0.479 e. The number of aryl methyl sites for hydroxylation is 1. The van der Waals surface area contributed by atoms with E-state index in [1.165, 1.54) is 13.0 Å². The molecule has 7 nitrogen and oxygen atoms in total. The Kier molecular flexibility index (Phi) is 5.49. The molecule has 1 atom stereocenters. The number of carbonyl (C=O) groups is 1. The predicted molar refractivity (Wildman–Crippen MR) is 94.0 cm³/mol. The first-order chi connectivity index (χ1) is 11.8. The normalized spacial score (nSPS) is 12.1. The van der Waals surface area contributed by atoms with E-state index in [1.54, 1.807) is 50.4 Å². The van der Waals surface area contributed by atoms with Crippen molar-refractivity contribution in [3.63, 3.8) is 0 Å². The lowest BCUT2D eigenvalue weighted by Crippen LogP contribution is -2.22. The van der Waals surface area contributed by atoms with Gasteiger partial charge >= 0.3 is 5.97 Å². The molecule has 0 unspecified atom stereocenters. The van der Waals surface area contributed by atoms with Crippen molar-refractivity contribution in [2.24, 2.45) is 4.99 Å². The molecule has 0 fully saturated rings. The smallest absolute Gasteiger partial charge is 0.344 e. The van der Waals surface area contributed by atoms with Gasteiger partial charge < -0.3 is 9.84 Å². The second-order valence-corrected chi connectivity index (χ2v) is 5.59. The number of nitro benzene ring substituents is 1. The summed E-state index contributed by atoms with van der Waals surface area (Å²) in [4.78, 5) is 25.7. The highest BCUT2D eigenvalue weighted by Gasteiger charge is 2.14. The molecule has 130 valence electrons. The van der Waals surface area contributed by atoms with E-state index in [1.807, 2.05) is 0 Å². The van der Waals surface area contributed by atoms with Gasteiger partial charge in [0.15, 0.2) is 6.10 Å². The highest BCUT2D eigenvalue weighted by Crippen LogP contribution is 2.27. The topological polar surface area (TPSA) is 102 Å². The Bertz CT molecular complexity index is 828. The highest BCUT2D eigenvalue weighted by molar-refractivity contribution is 5.82. The first-order valence-electron chi connectivity index (χ1n) is 7.57. The summed E-state index contributed by atoms with van der Waals surface area (Å²) in [6, 6.07) is 9.95. The summed E-state index contributed by atoms with van der Waals surface area (Å²) in [6.07, 6.45) is 0.647. The van der Waals surface area contributed by atoms with Crippen LogP contribution in [0.1, 0.15) is 23.6 Å². The number of aliphatic carboxylic acids is 1. The number of nitrogens with zero attached hydrogens (tertiary/aromatic N) is 2. The lowest BCUT2D eigenvalue weighted by atomic mass is 10.1. The fraction of sp³-hybridized carbons (Fsp3) is 0.222. The zero-order chi connectivity index (χ0) is 18.6. The maximum atomic E-state index is 11.1. The Morgan fingerprint density at radius 2 is 1.92 bits per heavy atom. The summed E-state index contributed by atoms with van der Waals surface area (Å²) >= 11 is 0. The van der Waals surface area contributed by atoms with E-state index in [-0.39, 0.29) is 5.69 Å². The second-order valence-electron chi connectivity index (χ2n) is 5.59. The Morgan fingerprint density at radius 1 is 1.28 bits per heavy atom. The van der Waals surface area contributed by atoms with Crippen molar-refractivity contribution in [2.75, 3.05) is 0 Å². The molecule has 0 heterocycles. The molecule has 0 aliphatic rings. The molecule has 2 aromatic rings. The van der Waals surface area contributed by atoms with Crippen LogP contribution in [0.25, 0.3) is 0 Å². The molecule has 2 rings (SSSR count). The highest BCUT2D eigenvalue weighted by atomic mass is 16.6. The molecule has 0 aromatic heterocycles. The van der Waals surface area contributed by atoms with E-state index in [9.17, 15) is 14.9 Å². The third-order valence-electron chi connectivity index (χ3n) is 3.72. The molecular formula is C18H18N2O5. The minimum absolute atomic E-state index is 0.0403. The summed E-state index contributed by atoms with van der Waals surface area (Å²) in [5.41, 5.74) is 2.72. The standard InChI is InChI=1S/C18H18N2O5/c1-11-8-15(9-17(12(11)2)20(23)24)19-10-14-4-6-16(7-5-14)25-13(3)18(21)22/h4-10,13H,1-3H3,(H,21,22)/t13-/m1/s1. The van der Waals surface area contributed by atoms with Crippen molar-refractivity contribution in [3.8, 4) is 5.75 Å². The van der Waals surface area contributed by atoms with E-state index in [4.69, 9.17) is 9.84 Å². The van der Waals surface area contributed by atoms with Crippen molar-refractivity contribution >= 4 is 23.6 Å². The van der Waals surface area contributed by atoms with Crippen LogP contribution in [-0.2, 0) is 4.79 Å². The molecule has 0 amide bonds. The van der Waals surface area contributed by atoms with Gasteiger partial charge in [-0.1, -0.05) is 0 Å². The van der Waals surface area contributed by atoms with Gasteiger partial charge in [-0.25, -0.2) is 4.79 Å². The number of carboxylic acids is 1. The molecule has 0 radical (unpaired) electrons. The molecule has 0 aliphatic heterocycles. The van der Waals surface area contributed by atoms with E-state index >= 15 is 0 Å². The lowest BCUT2D eigenvalue weighted by molar-refractivity contribution is -0.385. The van der Waals surface area contributed by atoms with E-state index in [2.05, 4.69) is 4.99 Å². The van der Waals surface area contributed by atoms with E-state index in [0.717, 1.165) is 11.1 Å². The minimum atomic E-state index is -1.04. The summed E-state index contributed by atoms with van der Waals surface area (Å²) in [7, 11) is 0. The quantitative estimate of drug-likeness (QED) is 0.488. The first kappa shape index (κ1) is 18.1. The van der Waals surface area contributed by atoms with Crippen LogP contribution in [0.2, 0.25) is 0 Å². The van der Waals surface area contributed by atoms with Crippen molar-refractivity contribution in [2.45, 2.75) is 26.9 Å². The number of hydrogen-bond donors (Lipinski definition) is 1. The van der Waals surface area contributed by atoms with Gasteiger partial charge in [-0.3, -0.25) is 15.1 Å². The van der Waals surface area contributed by atoms with Gasteiger partial charge in [0.1, 0.15) is 5.75 Å². The van der Waals surface area contributed by atoms with Gasteiger partial charge in [-0.15, -0.1) is 0 Å². The van der Waals surface area contributed by atoms with Crippen LogP contribution in [0.15, 0.2) is 41.4 Å². The molecular weight excluding hydrogens is 324 g/mol.